The normalized spacial score (nSPS) is 10.8. The van der Waals surface area contributed by atoms with Gasteiger partial charge in [-0.1, -0.05) is 30.3 Å². The molecule has 0 atom stereocenters. The van der Waals surface area contributed by atoms with Crippen molar-refractivity contribution < 1.29 is 24.1 Å². The second-order valence-electron chi connectivity index (χ2n) is 5.66. The van der Waals surface area contributed by atoms with Gasteiger partial charge in [-0.05, 0) is 42.7 Å². The van der Waals surface area contributed by atoms with Crippen LogP contribution in [-0.4, -0.2) is 22.8 Å². The van der Waals surface area contributed by atoms with Gasteiger partial charge in [0.1, 0.15) is 5.82 Å². The third kappa shape index (κ3) is 3.55. The van der Waals surface area contributed by atoms with Crippen LogP contribution in [0.5, 0.6) is 11.5 Å². The lowest BCUT2D eigenvalue weighted by Gasteiger charge is -2.09. The van der Waals surface area contributed by atoms with E-state index in [1.54, 1.807) is 42.5 Å². The van der Waals surface area contributed by atoms with E-state index < -0.39 is 5.97 Å². The Hall–Kier alpha value is -3.08. The highest BCUT2D eigenvalue weighted by atomic mass is 19.1. The van der Waals surface area contributed by atoms with Gasteiger partial charge in [-0.3, -0.25) is 0 Å². The number of fused-ring (bicyclic) bond motifs is 1. The molecule has 0 aliphatic heterocycles. The molecule has 0 saturated heterocycles. The molecule has 0 aliphatic rings. The summed E-state index contributed by atoms with van der Waals surface area (Å²) in [6.45, 7) is 0.160. The summed E-state index contributed by atoms with van der Waals surface area (Å²) in [5.41, 5.74) is 0.891. The van der Waals surface area contributed by atoms with E-state index in [9.17, 15) is 19.4 Å². The molecule has 0 heterocycles. The van der Waals surface area contributed by atoms with Crippen molar-refractivity contribution in [2.75, 3.05) is 6.61 Å². The van der Waals surface area contributed by atoms with E-state index in [0.717, 1.165) is 0 Å². The molecule has 0 spiro atoms. The molecule has 0 fully saturated rings. The molecule has 4 nitrogen and oxygen atoms in total. The number of aryl methyl sites for hydroxylation is 1. The third-order valence-corrected chi connectivity index (χ3v) is 4.01. The van der Waals surface area contributed by atoms with Crippen LogP contribution in [0, 0.1) is 5.82 Å². The minimum Gasteiger partial charge on any atom is -0.504 e. The van der Waals surface area contributed by atoms with Gasteiger partial charge in [-0.15, -0.1) is 0 Å². The predicted octanol–water partition coefficient (Wildman–Crippen LogP) is 4.18. The number of esters is 1. The highest BCUT2D eigenvalue weighted by Gasteiger charge is 2.14. The van der Waals surface area contributed by atoms with Gasteiger partial charge in [-0.25, -0.2) is 9.18 Å². The number of hydrogen-bond donors (Lipinski definition) is 2. The highest BCUT2D eigenvalue weighted by molar-refractivity contribution is 6.06. The lowest BCUT2D eigenvalue weighted by atomic mass is 10.0. The van der Waals surface area contributed by atoms with Gasteiger partial charge in [0.05, 0.1) is 12.2 Å². The standard InChI is InChI=1S/C20H17FO4/c21-17-9-2-1-5-13(17)6-4-12-25-20(24)16-8-3-7-15-14(16)10-11-18(22)19(15)23/h1-3,5,7-11,22-23H,4,6,12H2. The number of carbonyl (C=O) groups excluding carboxylic acids is 1. The Labute approximate surface area is 144 Å². The SMILES string of the molecule is O=C(OCCCc1ccccc1F)c1cccc2c(O)c(O)ccc12. The first-order chi connectivity index (χ1) is 12.1. The van der Waals surface area contributed by atoms with Crippen LogP contribution in [0.1, 0.15) is 22.3 Å². The first-order valence-corrected chi connectivity index (χ1v) is 7.92. The van der Waals surface area contributed by atoms with E-state index in [2.05, 4.69) is 0 Å². The van der Waals surface area contributed by atoms with E-state index >= 15 is 0 Å². The fourth-order valence-electron chi connectivity index (χ4n) is 2.71. The second-order valence-corrected chi connectivity index (χ2v) is 5.66. The lowest BCUT2D eigenvalue weighted by Crippen LogP contribution is -2.08. The quantitative estimate of drug-likeness (QED) is 0.415. The van der Waals surface area contributed by atoms with Crippen LogP contribution < -0.4 is 0 Å². The highest BCUT2D eigenvalue weighted by Crippen LogP contribution is 2.34. The van der Waals surface area contributed by atoms with Crippen molar-refractivity contribution in [2.45, 2.75) is 12.8 Å². The zero-order chi connectivity index (χ0) is 17.8. The van der Waals surface area contributed by atoms with Crippen LogP contribution in [0.25, 0.3) is 10.8 Å². The molecule has 0 unspecified atom stereocenters. The van der Waals surface area contributed by atoms with Crippen LogP contribution in [0.15, 0.2) is 54.6 Å². The monoisotopic (exact) mass is 340 g/mol. The number of carbonyl (C=O) groups is 1. The molecule has 25 heavy (non-hydrogen) atoms. The topological polar surface area (TPSA) is 66.8 Å². The van der Waals surface area contributed by atoms with Crippen molar-refractivity contribution in [3.05, 3.63) is 71.5 Å². The molecule has 3 rings (SSSR count). The molecule has 5 heteroatoms. The summed E-state index contributed by atoms with van der Waals surface area (Å²) in [4.78, 5) is 12.3. The zero-order valence-corrected chi connectivity index (χ0v) is 13.4. The van der Waals surface area contributed by atoms with Crippen LogP contribution in [0.3, 0.4) is 0 Å². The molecule has 128 valence electrons. The molecule has 0 aliphatic carbocycles. The Morgan fingerprint density at radius 3 is 2.56 bits per heavy atom. The van der Waals surface area contributed by atoms with Crippen molar-refractivity contribution in [1.29, 1.82) is 0 Å². The summed E-state index contributed by atoms with van der Waals surface area (Å²) in [6.07, 6.45) is 0.980. The van der Waals surface area contributed by atoms with Crippen molar-refractivity contribution in [1.82, 2.24) is 0 Å². The van der Waals surface area contributed by atoms with Crippen molar-refractivity contribution >= 4 is 16.7 Å². The minimum atomic E-state index is -0.524. The Balaban J connectivity index is 1.67. The number of halogens is 1. The fourth-order valence-corrected chi connectivity index (χ4v) is 2.71. The molecular weight excluding hydrogens is 323 g/mol. The number of aromatic hydroxyl groups is 2. The van der Waals surface area contributed by atoms with Gasteiger partial charge < -0.3 is 14.9 Å². The maximum Gasteiger partial charge on any atom is 0.338 e. The van der Waals surface area contributed by atoms with Gasteiger partial charge >= 0.3 is 5.97 Å². The summed E-state index contributed by atoms with van der Waals surface area (Å²) in [7, 11) is 0. The van der Waals surface area contributed by atoms with Gasteiger partial charge in [0.25, 0.3) is 0 Å². The van der Waals surface area contributed by atoms with Crippen LogP contribution >= 0.6 is 0 Å². The number of phenolic OH excluding ortho intramolecular Hbond substituents is 2. The van der Waals surface area contributed by atoms with E-state index in [1.807, 2.05) is 0 Å². The zero-order valence-electron chi connectivity index (χ0n) is 13.4. The van der Waals surface area contributed by atoms with Crippen LogP contribution in [0.2, 0.25) is 0 Å². The number of benzene rings is 3. The average Bonchev–Trinajstić information content (AvgIpc) is 2.62. The van der Waals surface area contributed by atoms with Gasteiger partial charge in [0.2, 0.25) is 0 Å². The smallest absolute Gasteiger partial charge is 0.338 e. The summed E-state index contributed by atoms with van der Waals surface area (Å²) < 4.78 is 18.8. The number of ether oxygens (including phenoxy) is 1. The number of phenols is 2. The van der Waals surface area contributed by atoms with Crippen molar-refractivity contribution in [3.8, 4) is 11.5 Å². The summed E-state index contributed by atoms with van der Waals surface area (Å²) >= 11 is 0. The minimum absolute atomic E-state index is 0.160. The molecule has 0 aromatic heterocycles. The molecular formula is C20H17FO4. The average molecular weight is 340 g/mol. The van der Waals surface area contributed by atoms with E-state index in [-0.39, 0.29) is 23.9 Å². The Bertz CT molecular complexity index is 921. The Morgan fingerprint density at radius 1 is 0.960 bits per heavy atom. The first-order valence-electron chi connectivity index (χ1n) is 7.92. The molecule has 0 bridgehead atoms. The van der Waals surface area contributed by atoms with E-state index in [4.69, 9.17) is 4.74 Å². The van der Waals surface area contributed by atoms with E-state index in [1.165, 1.54) is 12.1 Å². The van der Waals surface area contributed by atoms with Crippen LogP contribution in [0.4, 0.5) is 4.39 Å². The number of hydrogen-bond acceptors (Lipinski definition) is 4. The first kappa shape index (κ1) is 16.8. The van der Waals surface area contributed by atoms with Crippen molar-refractivity contribution in [2.24, 2.45) is 0 Å². The molecule has 2 N–H and O–H groups in total. The summed E-state index contributed by atoms with van der Waals surface area (Å²) in [5.74, 6) is -1.31. The molecule has 0 saturated carbocycles. The lowest BCUT2D eigenvalue weighted by molar-refractivity contribution is 0.0503. The Morgan fingerprint density at radius 2 is 1.76 bits per heavy atom. The predicted molar refractivity (Wildman–Crippen MR) is 92.3 cm³/mol. The van der Waals surface area contributed by atoms with Gasteiger partial charge in [-0.2, -0.15) is 0 Å². The Kier molecular flexibility index (Phi) is 4.84. The molecule has 3 aromatic carbocycles. The molecule has 0 radical (unpaired) electrons. The summed E-state index contributed by atoms with van der Waals surface area (Å²) in [6, 6.07) is 14.2. The second kappa shape index (κ2) is 7.21. The largest absolute Gasteiger partial charge is 0.504 e. The van der Waals surface area contributed by atoms with Gasteiger partial charge in [0, 0.05) is 10.8 Å². The maximum atomic E-state index is 13.5. The molecule has 0 amide bonds. The fraction of sp³-hybridized carbons (Fsp3) is 0.150. The molecule has 3 aromatic rings. The van der Waals surface area contributed by atoms with Gasteiger partial charge in [0.15, 0.2) is 11.5 Å². The number of rotatable bonds is 5. The third-order valence-electron chi connectivity index (χ3n) is 4.01. The maximum absolute atomic E-state index is 13.5. The summed E-state index contributed by atoms with van der Waals surface area (Å²) in [5, 5.41) is 20.3. The van der Waals surface area contributed by atoms with E-state index in [0.29, 0.717) is 34.7 Å². The van der Waals surface area contributed by atoms with Crippen molar-refractivity contribution in [3.63, 3.8) is 0 Å². The van der Waals surface area contributed by atoms with Crippen LogP contribution in [-0.2, 0) is 11.2 Å².